The molecule has 2 heterocycles. The number of aromatic nitrogens is 3. The van der Waals surface area contributed by atoms with Gasteiger partial charge in [0, 0.05) is 12.6 Å². The predicted molar refractivity (Wildman–Crippen MR) is 137 cm³/mol. The number of fused-ring (bicyclic) bond motifs is 6. The second-order valence-electron chi connectivity index (χ2n) is 13.2. The molecular formula is C30H43N3O2. The molecule has 2 aromatic heterocycles. The van der Waals surface area contributed by atoms with Gasteiger partial charge in [-0.2, -0.15) is 0 Å². The van der Waals surface area contributed by atoms with E-state index in [0.717, 1.165) is 55.4 Å². The van der Waals surface area contributed by atoms with Gasteiger partial charge in [0.1, 0.15) is 11.3 Å². The predicted octanol–water partition coefficient (Wildman–Crippen LogP) is 5.58. The summed E-state index contributed by atoms with van der Waals surface area (Å²) < 4.78 is 0. The van der Waals surface area contributed by atoms with Crippen LogP contribution in [0.3, 0.4) is 0 Å². The Morgan fingerprint density at radius 3 is 2.63 bits per heavy atom. The molecule has 10 atom stereocenters. The van der Waals surface area contributed by atoms with E-state index in [0.29, 0.717) is 46.3 Å². The molecule has 4 aliphatic carbocycles. The third-order valence-corrected chi connectivity index (χ3v) is 11.6. The van der Waals surface area contributed by atoms with Crippen molar-refractivity contribution in [3.8, 4) is 0 Å². The van der Waals surface area contributed by atoms with Crippen molar-refractivity contribution in [1.29, 1.82) is 0 Å². The number of hydrogen-bond donors (Lipinski definition) is 2. The average Bonchev–Trinajstić information content (AvgIpc) is 3.21. The van der Waals surface area contributed by atoms with Crippen molar-refractivity contribution in [2.45, 2.75) is 97.2 Å². The molecule has 35 heavy (non-hydrogen) atoms. The van der Waals surface area contributed by atoms with Gasteiger partial charge in [0.15, 0.2) is 0 Å². The zero-order valence-electron chi connectivity index (χ0n) is 21.7. The normalized spacial score (nSPS) is 43.9. The molecule has 4 saturated carbocycles. The highest BCUT2D eigenvalue weighted by Crippen LogP contribution is 2.68. The molecule has 0 aliphatic heterocycles. The van der Waals surface area contributed by atoms with Crippen LogP contribution < -0.4 is 0 Å². The SMILES string of the molecule is C[C@H](CCc1ncc2ncccc2n1)[C@H]1CC[C@H]2[C@H]3C(CC[C@]12C)[C@@]1(C)CC[C@@H](O)C[C@H]1C[C@@H]3O. The van der Waals surface area contributed by atoms with Crippen LogP contribution in [0.15, 0.2) is 24.5 Å². The van der Waals surface area contributed by atoms with Crippen LogP contribution in [0.1, 0.15) is 84.4 Å². The summed E-state index contributed by atoms with van der Waals surface area (Å²) in [5.74, 6) is 4.46. The zero-order chi connectivity index (χ0) is 24.4. The van der Waals surface area contributed by atoms with E-state index in [1.54, 1.807) is 6.20 Å². The van der Waals surface area contributed by atoms with E-state index in [2.05, 4.69) is 30.7 Å². The van der Waals surface area contributed by atoms with Crippen LogP contribution in [0.5, 0.6) is 0 Å². The third kappa shape index (κ3) is 3.83. The lowest BCUT2D eigenvalue weighted by Crippen LogP contribution is -2.58. The first-order valence-electron chi connectivity index (χ1n) is 14.2. The van der Waals surface area contributed by atoms with Gasteiger partial charge in [-0.05, 0) is 116 Å². The van der Waals surface area contributed by atoms with Gasteiger partial charge in [-0.3, -0.25) is 4.98 Å². The summed E-state index contributed by atoms with van der Waals surface area (Å²) in [6, 6.07) is 3.96. The van der Waals surface area contributed by atoms with Crippen molar-refractivity contribution < 1.29 is 10.2 Å². The minimum atomic E-state index is -0.193. The van der Waals surface area contributed by atoms with Crippen molar-refractivity contribution in [2.24, 2.45) is 46.3 Å². The molecule has 0 spiro atoms. The second-order valence-corrected chi connectivity index (χ2v) is 13.2. The maximum atomic E-state index is 11.5. The molecule has 2 N–H and O–H groups in total. The Balaban J connectivity index is 1.17. The Morgan fingerprint density at radius 1 is 0.971 bits per heavy atom. The average molecular weight is 478 g/mol. The van der Waals surface area contributed by atoms with Gasteiger partial charge in [-0.1, -0.05) is 20.8 Å². The highest BCUT2D eigenvalue weighted by atomic mass is 16.3. The Bertz CT molecular complexity index is 1080. The van der Waals surface area contributed by atoms with Crippen molar-refractivity contribution in [3.05, 3.63) is 30.4 Å². The van der Waals surface area contributed by atoms with Crippen LogP contribution in [-0.2, 0) is 6.42 Å². The molecule has 1 unspecified atom stereocenters. The largest absolute Gasteiger partial charge is 0.393 e. The summed E-state index contributed by atoms with van der Waals surface area (Å²) in [5.41, 5.74) is 2.43. The standard InChI is InChI=1S/C30H43N3O2/c1-18(6-9-27-32-17-25-24(33-27)5-4-14-31-25)21-7-8-22-28-23(11-13-30(21,22)3)29(2)12-10-20(34)15-19(29)16-26(28)35/h4-5,14,17-23,26,28,34-35H,6-13,15-16H2,1-3H3/t18-,19+,20-,21-,22+,23?,26+,28+,29+,30-/m1/s1. The molecule has 6 rings (SSSR count). The van der Waals surface area contributed by atoms with Crippen LogP contribution in [0.4, 0.5) is 0 Å². The Labute approximate surface area is 210 Å². The smallest absolute Gasteiger partial charge is 0.129 e. The van der Waals surface area contributed by atoms with E-state index in [1.165, 1.54) is 25.7 Å². The number of aryl methyl sites for hydroxylation is 1. The van der Waals surface area contributed by atoms with E-state index in [-0.39, 0.29) is 12.2 Å². The fourth-order valence-corrected chi connectivity index (χ4v) is 9.76. The molecule has 0 radical (unpaired) electrons. The van der Waals surface area contributed by atoms with E-state index in [4.69, 9.17) is 4.98 Å². The minimum absolute atomic E-state index is 0.162. The van der Waals surface area contributed by atoms with Crippen molar-refractivity contribution >= 4 is 11.0 Å². The molecule has 2 aromatic rings. The summed E-state index contributed by atoms with van der Waals surface area (Å²) in [4.78, 5) is 13.7. The van der Waals surface area contributed by atoms with Crippen molar-refractivity contribution in [1.82, 2.24) is 15.0 Å². The molecule has 0 amide bonds. The van der Waals surface area contributed by atoms with E-state index < -0.39 is 0 Å². The lowest BCUT2D eigenvalue weighted by Gasteiger charge is -2.62. The van der Waals surface area contributed by atoms with E-state index >= 15 is 0 Å². The topological polar surface area (TPSA) is 79.1 Å². The van der Waals surface area contributed by atoms with E-state index in [1.807, 2.05) is 18.3 Å². The highest BCUT2D eigenvalue weighted by molar-refractivity contribution is 5.72. The van der Waals surface area contributed by atoms with Crippen molar-refractivity contribution in [3.63, 3.8) is 0 Å². The molecule has 190 valence electrons. The fraction of sp³-hybridized carbons (Fsp3) is 0.767. The monoisotopic (exact) mass is 477 g/mol. The number of nitrogens with zero attached hydrogens (tertiary/aromatic N) is 3. The first-order valence-corrected chi connectivity index (χ1v) is 14.2. The molecular weight excluding hydrogens is 434 g/mol. The lowest BCUT2D eigenvalue weighted by atomic mass is 9.43. The number of aliphatic hydroxyl groups excluding tert-OH is 2. The van der Waals surface area contributed by atoms with Gasteiger partial charge in [0.05, 0.1) is 23.9 Å². The number of pyridine rings is 1. The first-order chi connectivity index (χ1) is 16.8. The summed E-state index contributed by atoms with van der Waals surface area (Å²) in [6.45, 7) is 7.51. The molecule has 0 bridgehead atoms. The second kappa shape index (κ2) is 8.76. The molecule has 0 saturated heterocycles. The Morgan fingerprint density at radius 2 is 1.77 bits per heavy atom. The maximum absolute atomic E-state index is 11.5. The lowest BCUT2D eigenvalue weighted by molar-refractivity contribution is -0.174. The van der Waals surface area contributed by atoms with Crippen LogP contribution in [0.2, 0.25) is 0 Å². The summed E-state index contributed by atoms with van der Waals surface area (Å²) in [5, 5.41) is 21.8. The Hall–Kier alpha value is -1.59. The van der Waals surface area contributed by atoms with Gasteiger partial charge in [0.25, 0.3) is 0 Å². The maximum Gasteiger partial charge on any atom is 0.129 e. The molecule has 5 nitrogen and oxygen atoms in total. The zero-order valence-corrected chi connectivity index (χ0v) is 21.7. The summed E-state index contributed by atoms with van der Waals surface area (Å²) in [7, 11) is 0. The van der Waals surface area contributed by atoms with Gasteiger partial charge in [-0.25, -0.2) is 9.97 Å². The van der Waals surface area contributed by atoms with Gasteiger partial charge < -0.3 is 10.2 Å². The molecule has 4 aliphatic rings. The number of hydrogen-bond acceptors (Lipinski definition) is 5. The molecule has 0 aromatic carbocycles. The summed E-state index contributed by atoms with van der Waals surface area (Å²) in [6.07, 6.45) is 14.3. The number of aliphatic hydroxyl groups is 2. The molecule has 4 fully saturated rings. The fourth-order valence-electron chi connectivity index (χ4n) is 9.76. The van der Waals surface area contributed by atoms with Crippen molar-refractivity contribution in [2.75, 3.05) is 0 Å². The minimum Gasteiger partial charge on any atom is -0.393 e. The summed E-state index contributed by atoms with van der Waals surface area (Å²) >= 11 is 0. The first kappa shape index (κ1) is 23.8. The molecule has 5 heteroatoms. The van der Waals surface area contributed by atoms with Gasteiger partial charge in [-0.15, -0.1) is 0 Å². The van der Waals surface area contributed by atoms with Crippen LogP contribution in [0.25, 0.3) is 11.0 Å². The van der Waals surface area contributed by atoms with Gasteiger partial charge in [0.2, 0.25) is 0 Å². The van der Waals surface area contributed by atoms with Crippen LogP contribution in [-0.4, -0.2) is 37.4 Å². The van der Waals surface area contributed by atoms with E-state index in [9.17, 15) is 10.2 Å². The quantitative estimate of drug-likeness (QED) is 0.601. The Kier molecular flexibility index (Phi) is 5.95. The van der Waals surface area contributed by atoms with Crippen LogP contribution in [0, 0.1) is 46.3 Å². The third-order valence-electron chi connectivity index (χ3n) is 11.6. The number of rotatable bonds is 4. The highest BCUT2D eigenvalue weighted by Gasteiger charge is 2.62. The van der Waals surface area contributed by atoms with Gasteiger partial charge >= 0.3 is 0 Å². The van der Waals surface area contributed by atoms with Crippen LogP contribution >= 0.6 is 0 Å².